The first kappa shape index (κ1) is 8.97. The van der Waals surface area contributed by atoms with Crippen molar-refractivity contribution in [1.82, 2.24) is 5.32 Å². The molecule has 0 aromatic rings. The number of hydrogen-bond acceptors (Lipinski definition) is 4. The third kappa shape index (κ3) is 1.69. The van der Waals surface area contributed by atoms with Gasteiger partial charge in [0.05, 0.1) is 20.3 Å². The minimum absolute atomic E-state index is 0.195. The molecule has 1 saturated heterocycles. The van der Waals surface area contributed by atoms with Gasteiger partial charge in [0.2, 0.25) is 0 Å². The Labute approximate surface area is 77.6 Å². The van der Waals surface area contributed by atoms with Crippen molar-refractivity contribution in [2.45, 2.75) is 18.4 Å². The van der Waals surface area contributed by atoms with Gasteiger partial charge in [-0.3, -0.25) is 5.32 Å². The van der Waals surface area contributed by atoms with Crippen LogP contribution in [0.1, 0.15) is 12.8 Å². The molecule has 74 valence electrons. The van der Waals surface area contributed by atoms with Crippen molar-refractivity contribution in [3.8, 4) is 0 Å². The molecule has 0 unspecified atom stereocenters. The molecule has 13 heavy (non-hydrogen) atoms. The lowest BCUT2D eigenvalue weighted by atomic mass is 9.97. The second-order valence-corrected chi connectivity index (χ2v) is 3.89. The Hall–Kier alpha value is -0.610. The molecule has 1 saturated carbocycles. The summed E-state index contributed by atoms with van der Waals surface area (Å²) in [5.41, 5.74) is -0.530. The van der Waals surface area contributed by atoms with Gasteiger partial charge in [-0.1, -0.05) is 0 Å². The van der Waals surface area contributed by atoms with Crippen LogP contribution in [0.5, 0.6) is 0 Å². The fourth-order valence-electron chi connectivity index (χ4n) is 1.46. The quantitative estimate of drug-likeness (QED) is 0.623. The standard InChI is InChI=1S/C9H15NO3/c1-12-8(11)9(5-13-6-9)10-4-7-2-3-7/h7,10H,2-6H2,1H3. The topological polar surface area (TPSA) is 47.6 Å². The number of nitrogens with one attached hydrogen (secondary N) is 1. The highest BCUT2D eigenvalue weighted by molar-refractivity contribution is 5.82. The fourth-order valence-corrected chi connectivity index (χ4v) is 1.46. The molecule has 1 N–H and O–H groups in total. The molecule has 0 atom stereocenters. The maximum absolute atomic E-state index is 11.4. The van der Waals surface area contributed by atoms with Crippen LogP contribution in [0.2, 0.25) is 0 Å². The molecule has 0 aromatic carbocycles. The number of carbonyl (C=O) groups is 1. The van der Waals surface area contributed by atoms with Crippen molar-refractivity contribution in [3.05, 3.63) is 0 Å². The lowest BCUT2D eigenvalue weighted by molar-refractivity contribution is -0.169. The molecule has 1 aliphatic carbocycles. The molecule has 4 nitrogen and oxygen atoms in total. The zero-order chi connectivity index (χ0) is 9.31. The number of hydrogen-bond donors (Lipinski definition) is 1. The average Bonchev–Trinajstić information content (AvgIpc) is 2.85. The zero-order valence-corrected chi connectivity index (χ0v) is 7.84. The number of rotatable bonds is 4. The first-order valence-corrected chi connectivity index (χ1v) is 4.68. The summed E-state index contributed by atoms with van der Waals surface area (Å²) in [6.45, 7) is 1.82. The summed E-state index contributed by atoms with van der Waals surface area (Å²) < 4.78 is 9.78. The Morgan fingerprint density at radius 2 is 2.31 bits per heavy atom. The van der Waals surface area contributed by atoms with Crippen LogP contribution < -0.4 is 5.32 Å². The third-order valence-electron chi connectivity index (χ3n) is 2.70. The molecular formula is C9H15NO3. The molecule has 1 heterocycles. The Kier molecular flexibility index (Phi) is 2.26. The summed E-state index contributed by atoms with van der Waals surface area (Å²) in [5, 5.41) is 3.25. The van der Waals surface area contributed by atoms with Gasteiger partial charge >= 0.3 is 5.97 Å². The highest BCUT2D eigenvalue weighted by Gasteiger charge is 2.47. The van der Waals surface area contributed by atoms with E-state index in [2.05, 4.69) is 5.32 Å². The molecule has 0 spiro atoms. The summed E-state index contributed by atoms with van der Waals surface area (Å²) in [7, 11) is 1.42. The van der Waals surface area contributed by atoms with E-state index in [0.717, 1.165) is 12.5 Å². The van der Waals surface area contributed by atoms with Gasteiger partial charge in [0.1, 0.15) is 0 Å². The molecule has 0 amide bonds. The Morgan fingerprint density at radius 1 is 1.62 bits per heavy atom. The maximum atomic E-state index is 11.4. The molecule has 0 bridgehead atoms. The molecular weight excluding hydrogens is 170 g/mol. The van der Waals surface area contributed by atoms with Gasteiger partial charge in [0, 0.05) is 0 Å². The lowest BCUT2D eigenvalue weighted by Gasteiger charge is -2.39. The predicted molar refractivity (Wildman–Crippen MR) is 46.3 cm³/mol. The van der Waals surface area contributed by atoms with Crippen LogP contribution in [0, 0.1) is 5.92 Å². The fraction of sp³-hybridized carbons (Fsp3) is 0.889. The second kappa shape index (κ2) is 3.27. The van der Waals surface area contributed by atoms with E-state index in [0.29, 0.717) is 13.2 Å². The van der Waals surface area contributed by atoms with Gasteiger partial charge in [0.25, 0.3) is 0 Å². The van der Waals surface area contributed by atoms with Gasteiger partial charge in [-0.15, -0.1) is 0 Å². The van der Waals surface area contributed by atoms with Crippen molar-refractivity contribution in [1.29, 1.82) is 0 Å². The average molecular weight is 185 g/mol. The largest absolute Gasteiger partial charge is 0.468 e. The van der Waals surface area contributed by atoms with E-state index in [-0.39, 0.29) is 5.97 Å². The van der Waals surface area contributed by atoms with Crippen molar-refractivity contribution in [2.24, 2.45) is 5.92 Å². The van der Waals surface area contributed by atoms with Crippen LogP contribution in [-0.2, 0) is 14.3 Å². The van der Waals surface area contributed by atoms with Crippen molar-refractivity contribution >= 4 is 5.97 Å². The predicted octanol–water partition coefficient (Wildman–Crippen LogP) is -0.0720. The number of carbonyl (C=O) groups excluding carboxylic acids is 1. The minimum atomic E-state index is -0.530. The first-order valence-electron chi connectivity index (χ1n) is 4.68. The lowest BCUT2D eigenvalue weighted by Crippen LogP contribution is -2.66. The molecule has 0 radical (unpaired) electrons. The smallest absolute Gasteiger partial charge is 0.330 e. The molecule has 4 heteroatoms. The van der Waals surface area contributed by atoms with E-state index in [9.17, 15) is 4.79 Å². The van der Waals surface area contributed by atoms with Gasteiger partial charge in [-0.05, 0) is 25.3 Å². The van der Waals surface area contributed by atoms with Gasteiger partial charge in [-0.25, -0.2) is 4.79 Å². The van der Waals surface area contributed by atoms with Crippen LogP contribution >= 0.6 is 0 Å². The summed E-state index contributed by atoms with van der Waals surface area (Å²) in [6.07, 6.45) is 2.57. The molecule has 0 aromatic heterocycles. The molecule has 1 aliphatic heterocycles. The van der Waals surface area contributed by atoms with Crippen LogP contribution in [-0.4, -0.2) is 38.4 Å². The van der Waals surface area contributed by atoms with Crippen LogP contribution in [0.25, 0.3) is 0 Å². The van der Waals surface area contributed by atoms with Crippen molar-refractivity contribution in [3.63, 3.8) is 0 Å². The van der Waals surface area contributed by atoms with Gasteiger partial charge in [0.15, 0.2) is 5.54 Å². The Balaban J connectivity index is 1.85. The van der Waals surface area contributed by atoms with E-state index >= 15 is 0 Å². The number of ether oxygens (including phenoxy) is 2. The van der Waals surface area contributed by atoms with E-state index in [1.54, 1.807) is 0 Å². The summed E-state index contributed by atoms with van der Waals surface area (Å²) in [6, 6.07) is 0. The van der Waals surface area contributed by atoms with Crippen molar-refractivity contribution in [2.75, 3.05) is 26.9 Å². The second-order valence-electron chi connectivity index (χ2n) is 3.89. The highest BCUT2D eigenvalue weighted by atomic mass is 16.5. The van der Waals surface area contributed by atoms with E-state index in [4.69, 9.17) is 9.47 Å². The zero-order valence-electron chi connectivity index (χ0n) is 7.84. The van der Waals surface area contributed by atoms with Crippen LogP contribution in [0.3, 0.4) is 0 Å². The number of esters is 1. The van der Waals surface area contributed by atoms with E-state index in [1.807, 2.05) is 0 Å². The monoisotopic (exact) mass is 185 g/mol. The van der Waals surface area contributed by atoms with Gasteiger partial charge < -0.3 is 9.47 Å². The summed E-state index contributed by atoms with van der Waals surface area (Å²) in [4.78, 5) is 11.4. The maximum Gasteiger partial charge on any atom is 0.330 e. The van der Waals surface area contributed by atoms with Gasteiger partial charge in [-0.2, -0.15) is 0 Å². The summed E-state index contributed by atoms with van der Waals surface area (Å²) >= 11 is 0. The highest BCUT2D eigenvalue weighted by Crippen LogP contribution is 2.29. The minimum Gasteiger partial charge on any atom is -0.468 e. The Bertz CT molecular complexity index is 209. The van der Waals surface area contributed by atoms with Crippen LogP contribution in [0.15, 0.2) is 0 Å². The first-order chi connectivity index (χ1) is 6.27. The van der Waals surface area contributed by atoms with Crippen LogP contribution in [0.4, 0.5) is 0 Å². The Morgan fingerprint density at radius 3 is 2.69 bits per heavy atom. The van der Waals surface area contributed by atoms with E-state index in [1.165, 1.54) is 20.0 Å². The van der Waals surface area contributed by atoms with E-state index < -0.39 is 5.54 Å². The molecule has 2 fully saturated rings. The normalized spacial score (nSPS) is 25.0. The SMILES string of the molecule is COC(=O)C1(NCC2CC2)COC1. The molecule has 2 aliphatic rings. The molecule has 2 rings (SSSR count). The third-order valence-corrected chi connectivity index (χ3v) is 2.70. The van der Waals surface area contributed by atoms with Crippen molar-refractivity contribution < 1.29 is 14.3 Å². The summed E-state index contributed by atoms with van der Waals surface area (Å²) in [5.74, 6) is 0.571. The number of methoxy groups -OCH3 is 1.